The summed E-state index contributed by atoms with van der Waals surface area (Å²) < 4.78 is 86.7. The Kier molecular flexibility index (Phi) is 7.99. The van der Waals surface area contributed by atoms with Crippen LogP contribution in [-0.4, -0.2) is 17.2 Å². The van der Waals surface area contributed by atoms with Gasteiger partial charge in [-0.05, 0) is 128 Å². The summed E-state index contributed by atoms with van der Waals surface area (Å²) in [5.41, 5.74) is -1.24. The van der Waals surface area contributed by atoms with Gasteiger partial charge in [0.05, 0.1) is 29.8 Å². The van der Waals surface area contributed by atoms with Crippen LogP contribution < -0.4 is 15.4 Å². The van der Waals surface area contributed by atoms with Crippen molar-refractivity contribution >= 4 is 33.9 Å². The normalized spacial score (nSPS) is 27.2. The third kappa shape index (κ3) is 5.61. The maximum atomic E-state index is 13.5. The van der Waals surface area contributed by atoms with Gasteiger partial charge in [-0.2, -0.15) is 26.3 Å². The fourth-order valence-electron chi connectivity index (χ4n) is 8.63. The van der Waals surface area contributed by atoms with E-state index in [1.165, 1.54) is 25.7 Å². The number of halogens is 6. The first-order chi connectivity index (χ1) is 20.8. The third-order valence-electron chi connectivity index (χ3n) is 10.6. The van der Waals surface area contributed by atoms with E-state index in [2.05, 4.69) is 22.5 Å². The third-order valence-corrected chi connectivity index (χ3v) is 10.8. The van der Waals surface area contributed by atoms with Gasteiger partial charge in [0.1, 0.15) is 5.75 Å². The largest absolute Gasteiger partial charge is 0.497 e. The van der Waals surface area contributed by atoms with Crippen LogP contribution in [0.25, 0.3) is 10.9 Å². The first-order valence-corrected chi connectivity index (χ1v) is 15.5. The van der Waals surface area contributed by atoms with Gasteiger partial charge in [-0.1, -0.05) is 13.3 Å². The number of aromatic nitrogens is 1. The lowest BCUT2D eigenvalue weighted by atomic mass is 9.46. The van der Waals surface area contributed by atoms with Crippen molar-refractivity contribution in [3.63, 3.8) is 0 Å². The highest BCUT2D eigenvalue weighted by atomic mass is 32.1. The summed E-state index contributed by atoms with van der Waals surface area (Å²) in [5, 5.41) is 6.81. The zero-order valence-electron chi connectivity index (χ0n) is 24.5. The summed E-state index contributed by atoms with van der Waals surface area (Å²) in [6, 6.07) is 8.58. The number of alkyl halides is 6. The molecule has 1 heterocycles. The van der Waals surface area contributed by atoms with Crippen molar-refractivity contribution in [2.24, 2.45) is 29.1 Å². The number of methoxy groups -OCH3 is 1. The van der Waals surface area contributed by atoms with Crippen LogP contribution in [0.15, 0.2) is 48.7 Å². The van der Waals surface area contributed by atoms with Crippen LogP contribution in [0.4, 0.5) is 32.0 Å². The molecule has 3 aliphatic rings. The smallest absolute Gasteiger partial charge is 0.416 e. The Bertz CT molecular complexity index is 1530. The molecule has 1 aromatic heterocycles. The standard InChI is InChI=1S/C33H35F6N3OS/c1-3-18-16-31-17-19(4-5-20(31)6-8-27(18)31)29(25-10-11-40-28-9-7-24(43-2)15-26(25)28)42-30(44)41-23-13-21(32(34,35)36)12-22(14-23)33(37,38)39/h7,9-15,18-20,27,29H,3-6,8,16-17H2,1-2H3,(H2,41,42,44)/t18?,19?,20?,27?,29-,31?/m1/s1. The van der Waals surface area contributed by atoms with Crippen molar-refractivity contribution in [3.05, 3.63) is 65.4 Å². The SMILES string of the molecule is CCC1CC23CC([C@@H](NC(=S)Nc4cc(C(F)(F)F)cc(C(F)(F)F)c4)c4ccnc5ccc(OC)cc45)CCC2CCC13. The molecule has 3 saturated carbocycles. The molecule has 3 aromatic rings. The molecule has 44 heavy (non-hydrogen) atoms. The Hall–Kier alpha value is -3.08. The van der Waals surface area contributed by atoms with Crippen molar-refractivity contribution in [1.82, 2.24) is 10.3 Å². The highest BCUT2D eigenvalue weighted by Gasteiger charge is 2.62. The van der Waals surface area contributed by atoms with E-state index in [-0.39, 0.29) is 34.2 Å². The van der Waals surface area contributed by atoms with Crippen LogP contribution in [0.2, 0.25) is 0 Å². The molecule has 2 aromatic carbocycles. The van der Waals surface area contributed by atoms with Crippen LogP contribution in [0.1, 0.15) is 74.6 Å². The lowest BCUT2D eigenvalue weighted by molar-refractivity contribution is -0.143. The summed E-state index contributed by atoms with van der Waals surface area (Å²) >= 11 is 5.60. The van der Waals surface area contributed by atoms with Crippen LogP contribution >= 0.6 is 12.2 Å². The first-order valence-electron chi connectivity index (χ1n) is 15.1. The Morgan fingerprint density at radius 2 is 1.68 bits per heavy atom. The molecule has 0 aliphatic heterocycles. The van der Waals surface area contributed by atoms with Gasteiger partial charge in [-0.25, -0.2) is 0 Å². The average Bonchev–Trinajstić information content (AvgIpc) is 3.26. The number of thiocarbonyl (C=S) groups is 1. The van der Waals surface area contributed by atoms with Gasteiger partial charge in [-0.3, -0.25) is 4.98 Å². The number of rotatable bonds is 6. The number of anilines is 1. The lowest BCUT2D eigenvalue weighted by Crippen LogP contribution is -2.52. The van der Waals surface area contributed by atoms with E-state index in [0.29, 0.717) is 29.7 Å². The van der Waals surface area contributed by atoms with Gasteiger partial charge in [-0.15, -0.1) is 0 Å². The number of ether oxygens (including phenoxy) is 1. The molecule has 0 radical (unpaired) electrons. The predicted octanol–water partition coefficient (Wildman–Crippen LogP) is 9.55. The molecule has 4 nitrogen and oxygen atoms in total. The molecule has 2 N–H and O–H groups in total. The van der Waals surface area contributed by atoms with Gasteiger partial charge in [0.25, 0.3) is 0 Å². The fraction of sp³-hybridized carbons (Fsp3) is 0.515. The van der Waals surface area contributed by atoms with Gasteiger partial charge in [0.2, 0.25) is 0 Å². The van der Waals surface area contributed by atoms with Crippen molar-refractivity contribution < 1.29 is 31.1 Å². The molecule has 6 rings (SSSR count). The fourth-order valence-corrected chi connectivity index (χ4v) is 8.88. The summed E-state index contributed by atoms with van der Waals surface area (Å²) in [4.78, 5) is 4.52. The van der Waals surface area contributed by atoms with Crippen molar-refractivity contribution in [1.29, 1.82) is 0 Å². The summed E-state index contributed by atoms with van der Waals surface area (Å²) in [5.74, 6) is 2.93. The maximum absolute atomic E-state index is 13.5. The number of hydrogen-bond acceptors (Lipinski definition) is 3. The average molecular weight is 636 g/mol. The van der Waals surface area contributed by atoms with Crippen LogP contribution in [0.3, 0.4) is 0 Å². The molecular formula is C33H35F6N3OS. The second kappa shape index (κ2) is 11.4. The van der Waals surface area contributed by atoms with E-state index < -0.39 is 23.5 Å². The zero-order valence-corrected chi connectivity index (χ0v) is 25.3. The minimum atomic E-state index is -4.96. The van der Waals surface area contributed by atoms with Gasteiger partial charge < -0.3 is 15.4 Å². The number of pyridine rings is 1. The van der Waals surface area contributed by atoms with Gasteiger partial charge >= 0.3 is 12.4 Å². The van der Waals surface area contributed by atoms with Crippen LogP contribution in [0.5, 0.6) is 5.75 Å². The Morgan fingerprint density at radius 1 is 0.977 bits per heavy atom. The summed E-state index contributed by atoms with van der Waals surface area (Å²) in [7, 11) is 1.58. The van der Waals surface area contributed by atoms with Crippen molar-refractivity contribution in [3.8, 4) is 5.75 Å². The van der Waals surface area contributed by atoms with E-state index in [9.17, 15) is 26.3 Å². The minimum Gasteiger partial charge on any atom is -0.497 e. The Balaban J connectivity index is 1.35. The number of hydrogen-bond donors (Lipinski definition) is 2. The maximum Gasteiger partial charge on any atom is 0.416 e. The van der Waals surface area contributed by atoms with Crippen LogP contribution in [0, 0.1) is 29.1 Å². The Labute approximate surface area is 258 Å². The molecule has 6 atom stereocenters. The first kappa shape index (κ1) is 30.9. The molecule has 1 spiro atoms. The molecular weight excluding hydrogens is 600 g/mol. The molecule has 0 saturated heterocycles. The monoisotopic (exact) mass is 635 g/mol. The predicted molar refractivity (Wildman–Crippen MR) is 161 cm³/mol. The van der Waals surface area contributed by atoms with Gasteiger partial charge in [0, 0.05) is 17.3 Å². The zero-order chi connectivity index (χ0) is 31.4. The van der Waals surface area contributed by atoms with Crippen molar-refractivity contribution in [2.75, 3.05) is 12.4 Å². The quantitative estimate of drug-likeness (QED) is 0.209. The van der Waals surface area contributed by atoms with Crippen molar-refractivity contribution in [2.45, 2.75) is 70.3 Å². The highest BCUT2D eigenvalue weighted by Crippen LogP contribution is 2.70. The van der Waals surface area contributed by atoms with E-state index in [1.54, 1.807) is 13.3 Å². The molecule has 0 amide bonds. The van der Waals surface area contributed by atoms with Gasteiger partial charge in [0.15, 0.2) is 5.11 Å². The number of nitrogens with zero attached hydrogens (tertiary/aromatic N) is 1. The Morgan fingerprint density at radius 3 is 2.34 bits per heavy atom. The van der Waals surface area contributed by atoms with Crippen LogP contribution in [-0.2, 0) is 12.4 Å². The van der Waals surface area contributed by atoms with E-state index in [1.807, 2.05) is 24.3 Å². The summed E-state index contributed by atoms with van der Waals surface area (Å²) in [6.07, 6.45) is -0.301. The van der Waals surface area contributed by atoms with E-state index >= 15 is 0 Å². The number of nitrogens with one attached hydrogen (secondary N) is 2. The summed E-state index contributed by atoms with van der Waals surface area (Å²) in [6.45, 7) is 2.26. The van der Waals surface area contributed by atoms with E-state index in [4.69, 9.17) is 17.0 Å². The highest BCUT2D eigenvalue weighted by molar-refractivity contribution is 7.80. The molecule has 236 valence electrons. The number of fused-ring (bicyclic) bond motifs is 1. The second-order valence-corrected chi connectivity index (χ2v) is 13.1. The topological polar surface area (TPSA) is 46.2 Å². The molecule has 3 fully saturated rings. The molecule has 5 unspecified atom stereocenters. The molecule has 11 heteroatoms. The minimum absolute atomic E-state index is 0.0436. The molecule has 3 aliphatic carbocycles. The molecule has 0 bridgehead atoms. The number of benzene rings is 2. The lowest BCUT2D eigenvalue weighted by Gasteiger charge is -2.59. The second-order valence-electron chi connectivity index (χ2n) is 12.7. The van der Waals surface area contributed by atoms with E-state index in [0.717, 1.165) is 41.6 Å².